The van der Waals surface area contributed by atoms with Gasteiger partial charge < -0.3 is 16.0 Å². The zero-order chi connectivity index (χ0) is 19.8. The smallest absolute Gasteiger partial charge is 0.273 e. The zero-order valence-electron chi connectivity index (χ0n) is 15.9. The Labute approximate surface area is 167 Å². The topological polar surface area (TPSA) is 92.7 Å². The molecule has 0 spiro atoms. The monoisotopic (exact) mass is 397 g/mol. The van der Waals surface area contributed by atoms with Crippen LogP contribution in [-0.2, 0) is 0 Å². The van der Waals surface area contributed by atoms with E-state index in [4.69, 9.17) is 5.73 Å². The lowest BCUT2D eigenvalue weighted by atomic mass is 9.99. The summed E-state index contributed by atoms with van der Waals surface area (Å²) in [6.45, 7) is 5.97. The van der Waals surface area contributed by atoms with Crippen molar-refractivity contribution >= 4 is 39.5 Å². The molecule has 1 saturated heterocycles. The first kappa shape index (κ1) is 18.5. The predicted molar refractivity (Wildman–Crippen MR) is 111 cm³/mol. The van der Waals surface area contributed by atoms with E-state index in [1.165, 1.54) is 17.8 Å². The normalized spacial score (nSPS) is 17.1. The van der Waals surface area contributed by atoms with E-state index in [0.717, 1.165) is 35.9 Å². The number of piperidine rings is 1. The molecule has 0 unspecified atom stereocenters. The molecule has 28 heavy (non-hydrogen) atoms. The predicted octanol–water partition coefficient (Wildman–Crippen LogP) is 3.29. The molecule has 2 aromatic heterocycles. The Hall–Kier alpha value is -2.87. The summed E-state index contributed by atoms with van der Waals surface area (Å²) in [7, 11) is 0. The summed E-state index contributed by atoms with van der Waals surface area (Å²) < 4.78 is 1.79. The number of anilines is 2. The number of carbonyl (C=O) groups is 2. The Bertz CT molecular complexity index is 1050. The van der Waals surface area contributed by atoms with E-state index in [2.05, 4.69) is 22.1 Å². The number of thiazole rings is 1. The van der Waals surface area contributed by atoms with Crippen LogP contribution in [-0.4, -0.2) is 34.3 Å². The number of aromatic nitrogens is 2. The highest BCUT2D eigenvalue weighted by molar-refractivity contribution is 7.15. The second-order valence-corrected chi connectivity index (χ2v) is 8.24. The number of hydrogen-bond donors (Lipinski definition) is 2. The van der Waals surface area contributed by atoms with Gasteiger partial charge in [-0.15, -0.1) is 11.3 Å². The molecule has 3 aromatic rings. The minimum Gasteiger partial charge on any atom is -0.370 e. The highest BCUT2D eigenvalue weighted by Gasteiger charge is 2.22. The van der Waals surface area contributed by atoms with Crippen molar-refractivity contribution in [3.05, 3.63) is 46.7 Å². The van der Waals surface area contributed by atoms with Crippen LogP contribution in [0, 0.1) is 12.8 Å². The van der Waals surface area contributed by atoms with Gasteiger partial charge in [-0.2, -0.15) is 0 Å². The molecule has 1 aromatic carbocycles. The number of carbonyl (C=O) groups excluding carboxylic acids is 2. The highest BCUT2D eigenvalue weighted by atomic mass is 32.1. The summed E-state index contributed by atoms with van der Waals surface area (Å²) >= 11 is 1.42. The molecule has 1 atom stereocenters. The van der Waals surface area contributed by atoms with Gasteiger partial charge in [-0.3, -0.25) is 14.0 Å². The molecule has 7 nitrogen and oxygen atoms in total. The van der Waals surface area contributed by atoms with Crippen molar-refractivity contribution in [3.8, 4) is 0 Å². The molecular formula is C20H23N5O2S. The number of nitrogens with one attached hydrogen (secondary N) is 1. The van der Waals surface area contributed by atoms with Crippen molar-refractivity contribution in [3.63, 3.8) is 0 Å². The van der Waals surface area contributed by atoms with Gasteiger partial charge in [-0.25, -0.2) is 4.98 Å². The Balaban J connectivity index is 1.69. The van der Waals surface area contributed by atoms with E-state index in [-0.39, 0.29) is 5.91 Å². The third kappa shape index (κ3) is 3.47. The van der Waals surface area contributed by atoms with Crippen molar-refractivity contribution < 1.29 is 9.59 Å². The molecule has 0 radical (unpaired) electrons. The Morgan fingerprint density at radius 1 is 1.36 bits per heavy atom. The van der Waals surface area contributed by atoms with Gasteiger partial charge in [-0.05, 0) is 43.9 Å². The van der Waals surface area contributed by atoms with Crippen LogP contribution in [0.15, 0.2) is 29.8 Å². The molecule has 3 N–H and O–H groups in total. The van der Waals surface area contributed by atoms with Crippen LogP contribution in [0.2, 0.25) is 0 Å². The fraction of sp³-hybridized carbons (Fsp3) is 0.350. The lowest BCUT2D eigenvalue weighted by Gasteiger charge is -2.34. The lowest BCUT2D eigenvalue weighted by molar-refractivity contribution is 0.0995. The van der Waals surface area contributed by atoms with Gasteiger partial charge in [0.05, 0.1) is 17.1 Å². The lowest BCUT2D eigenvalue weighted by Crippen LogP contribution is -2.35. The van der Waals surface area contributed by atoms with Crippen molar-refractivity contribution in [1.82, 2.24) is 9.38 Å². The van der Waals surface area contributed by atoms with E-state index in [1.807, 2.05) is 19.2 Å². The van der Waals surface area contributed by atoms with Gasteiger partial charge in [0.1, 0.15) is 5.69 Å². The van der Waals surface area contributed by atoms with Gasteiger partial charge in [0.15, 0.2) is 4.96 Å². The summed E-state index contributed by atoms with van der Waals surface area (Å²) in [4.78, 5) is 32.1. The molecule has 146 valence electrons. The van der Waals surface area contributed by atoms with Gasteiger partial charge in [0.25, 0.3) is 5.91 Å². The summed E-state index contributed by atoms with van der Waals surface area (Å²) in [5, 5.41) is 4.78. The van der Waals surface area contributed by atoms with Crippen molar-refractivity contribution in [1.29, 1.82) is 0 Å². The van der Waals surface area contributed by atoms with Crippen molar-refractivity contribution in [2.24, 2.45) is 11.7 Å². The van der Waals surface area contributed by atoms with E-state index < -0.39 is 5.91 Å². The van der Waals surface area contributed by atoms with Crippen LogP contribution in [0.25, 0.3) is 4.96 Å². The minimum atomic E-state index is -0.516. The number of nitrogens with zero attached hydrogens (tertiary/aromatic N) is 3. The average molecular weight is 398 g/mol. The first-order chi connectivity index (χ1) is 13.4. The molecule has 0 aliphatic carbocycles. The number of imidazole rings is 1. The third-order valence-electron chi connectivity index (χ3n) is 5.09. The highest BCUT2D eigenvalue weighted by Crippen LogP contribution is 2.31. The van der Waals surface area contributed by atoms with E-state index in [0.29, 0.717) is 22.9 Å². The maximum absolute atomic E-state index is 13.0. The molecule has 8 heteroatoms. The molecule has 0 saturated carbocycles. The largest absolute Gasteiger partial charge is 0.370 e. The van der Waals surface area contributed by atoms with Crippen molar-refractivity contribution in [2.45, 2.75) is 26.7 Å². The van der Waals surface area contributed by atoms with Crippen LogP contribution in [0.4, 0.5) is 11.4 Å². The van der Waals surface area contributed by atoms with E-state index in [9.17, 15) is 9.59 Å². The average Bonchev–Trinajstić information content (AvgIpc) is 3.20. The number of benzene rings is 1. The summed E-state index contributed by atoms with van der Waals surface area (Å²) in [6, 6.07) is 5.25. The van der Waals surface area contributed by atoms with E-state index in [1.54, 1.807) is 21.9 Å². The number of aryl methyl sites for hydroxylation is 1. The van der Waals surface area contributed by atoms with Crippen LogP contribution in [0.1, 0.15) is 46.3 Å². The van der Waals surface area contributed by atoms with Gasteiger partial charge in [0.2, 0.25) is 5.91 Å². The van der Waals surface area contributed by atoms with Crippen molar-refractivity contribution in [2.75, 3.05) is 23.3 Å². The van der Waals surface area contributed by atoms with Crippen LogP contribution >= 0.6 is 11.3 Å². The molecule has 0 bridgehead atoms. The maximum atomic E-state index is 13.0. The fourth-order valence-electron chi connectivity index (χ4n) is 3.72. The fourth-order valence-corrected chi connectivity index (χ4v) is 4.62. The molecule has 4 rings (SSSR count). The maximum Gasteiger partial charge on any atom is 0.273 e. The van der Waals surface area contributed by atoms with Crippen LogP contribution < -0.4 is 16.0 Å². The molecular weight excluding hydrogens is 374 g/mol. The minimum absolute atomic E-state index is 0.239. The summed E-state index contributed by atoms with van der Waals surface area (Å²) in [5.74, 6) is -0.174. The number of amides is 2. The molecule has 1 aliphatic heterocycles. The Morgan fingerprint density at radius 3 is 2.93 bits per heavy atom. The summed E-state index contributed by atoms with van der Waals surface area (Å²) in [6.07, 6.45) is 4.14. The molecule has 2 amide bonds. The second kappa shape index (κ2) is 7.27. The molecule has 3 heterocycles. The number of nitrogens with two attached hydrogens (primary N) is 1. The summed E-state index contributed by atoms with van der Waals surface area (Å²) in [5.41, 5.74) is 8.73. The van der Waals surface area contributed by atoms with Gasteiger partial charge >= 0.3 is 0 Å². The van der Waals surface area contributed by atoms with Crippen LogP contribution in [0.5, 0.6) is 0 Å². The quantitative estimate of drug-likeness (QED) is 0.706. The number of hydrogen-bond acceptors (Lipinski definition) is 5. The Kier molecular flexibility index (Phi) is 4.80. The Morgan fingerprint density at radius 2 is 2.18 bits per heavy atom. The van der Waals surface area contributed by atoms with Gasteiger partial charge in [-0.1, -0.05) is 6.92 Å². The van der Waals surface area contributed by atoms with Crippen LogP contribution in [0.3, 0.4) is 0 Å². The number of fused-ring (bicyclic) bond motifs is 1. The standard InChI is InChI=1S/C20H23N5O2S/c1-12-4-3-7-24(9-12)16-6-5-14(18(21)26)8-15(16)23-19(27)17-11-28-20-22-13(2)10-25(17)20/h5-6,8,10-12H,3-4,7,9H2,1-2H3,(H2,21,26)(H,23,27)/t12-/m0/s1. The van der Waals surface area contributed by atoms with Gasteiger partial charge in [0, 0.05) is 30.2 Å². The third-order valence-corrected chi connectivity index (χ3v) is 5.93. The SMILES string of the molecule is Cc1cn2c(C(=O)Nc3cc(C(N)=O)ccc3N3CCC[C@H](C)C3)csc2n1. The number of rotatable bonds is 4. The molecule has 1 aliphatic rings. The first-order valence-electron chi connectivity index (χ1n) is 9.35. The zero-order valence-corrected chi connectivity index (χ0v) is 16.8. The van der Waals surface area contributed by atoms with E-state index >= 15 is 0 Å². The first-order valence-corrected chi connectivity index (χ1v) is 10.2. The molecule has 1 fully saturated rings. The number of primary amides is 1. The second-order valence-electron chi connectivity index (χ2n) is 7.40.